The Morgan fingerprint density at radius 2 is 2.10 bits per heavy atom. The van der Waals surface area contributed by atoms with E-state index in [0.29, 0.717) is 0 Å². The van der Waals surface area contributed by atoms with E-state index in [1.807, 2.05) is 24.3 Å². The number of halogens is 1. The third kappa shape index (κ3) is 2.29. The second-order valence-electron chi connectivity index (χ2n) is 4.94. The van der Waals surface area contributed by atoms with E-state index in [9.17, 15) is 17.1 Å². The number of para-hydroxylation sites is 1. The van der Waals surface area contributed by atoms with Crippen molar-refractivity contribution in [2.75, 3.05) is 6.54 Å². The first-order valence-corrected chi connectivity index (χ1v) is 7.66. The van der Waals surface area contributed by atoms with E-state index in [0.717, 1.165) is 16.5 Å². The molecule has 2 heterocycles. The number of H-pyrrole nitrogens is 1. The van der Waals surface area contributed by atoms with Crippen LogP contribution in [0.25, 0.3) is 10.9 Å². The Hall–Kier alpha value is -1.89. The molecule has 1 aliphatic rings. The van der Waals surface area contributed by atoms with Gasteiger partial charge in [-0.3, -0.25) is 4.79 Å². The molecule has 0 spiro atoms. The van der Waals surface area contributed by atoms with Gasteiger partial charge in [-0.1, -0.05) is 18.2 Å². The fourth-order valence-electron chi connectivity index (χ4n) is 2.55. The van der Waals surface area contributed by atoms with Crippen LogP contribution in [0.15, 0.2) is 30.5 Å². The number of likely N-dealkylation sites (tertiary alicyclic amines) is 1. The predicted molar refractivity (Wildman–Crippen MR) is 72.1 cm³/mol. The lowest BCUT2D eigenvalue weighted by Gasteiger charge is -2.15. The summed E-state index contributed by atoms with van der Waals surface area (Å²) in [5, 5.41) is -0.257. The topological polar surface area (TPSA) is 70.2 Å². The molecule has 5 nitrogen and oxygen atoms in total. The van der Waals surface area contributed by atoms with Gasteiger partial charge >= 0.3 is 10.2 Å². The zero-order chi connectivity index (χ0) is 14.3. The van der Waals surface area contributed by atoms with Crippen molar-refractivity contribution in [3.05, 3.63) is 36.0 Å². The maximum Gasteiger partial charge on any atom is 0.307 e. The molecule has 0 saturated carbocycles. The van der Waals surface area contributed by atoms with Crippen LogP contribution in [0, 0.1) is 0 Å². The lowest BCUT2D eigenvalue weighted by atomic mass is 10.1. The molecule has 1 aromatic heterocycles. The van der Waals surface area contributed by atoms with E-state index in [1.165, 1.54) is 4.90 Å². The third-order valence-corrected chi connectivity index (χ3v) is 4.73. The number of aromatic amines is 1. The van der Waals surface area contributed by atoms with Gasteiger partial charge in [0.05, 0.1) is 0 Å². The Morgan fingerprint density at radius 3 is 2.80 bits per heavy atom. The van der Waals surface area contributed by atoms with Crippen LogP contribution < -0.4 is 0 Å². The number of carbonyl (C=O) groups is 1. The number of carbonyl (C=O) groups excluding carboxylic acids is 1. The van der Waals surface area contributed by atoms with Crippen molar-refractivity contribution >= 4 is 27.0 Å². The van der Waals surface area contributed by atoms with E-state index in [2.05, 4.69) is 4.98 Å². The first-order chi connectivity index (χ1) is 9.45. The van der Waals surface area contributed by atoms with Crippen LogP contribution in [-0.2, 0) is 21.6 Å². The molecule has 1 saturated heterocycles. The number of benzene rings is 1. The summed E-state index contributed by atoms with van der Waals surface area (Å²) >= 11 is 0. The highest BCUT2D eigenvalue weighted by atomic mass is 32.3. The van der Waals surface area contributed by atoms with Crippen LogP contribution in [0.3, 0.4) is 0 Å². The van der Waals surface area contributed by atoms with Crippen molar-refractivity contribution < 1.29 is 17.1 Å². The van der Waals surface area contributed by atoms with Crippen LogP contribution in [0.1, 0.15) is 12.0 Å². The van der Waals surface area contributed by atoms with Crippen LogP contribution in [0.5, 0.6) is 0 Å². The van der Waals surface area contributed by atoms with Crippen LogP contribution in [0.2, 0.25) is 0 Å². The number of fused-ring (bicyclic) bond motifs is 1. The Balaban J connectivity index is 1.83. The molecule has 1 amide bonds. The molecule has 1 N–H and O–H groups in total. The van der Waals surface area contributed by atoms with Gasteiger partial charge in [-0.2, -0.15) is 8.42 Å². The zero-order valence-corrected chi connectivity index (χ0v) is 11.4. The molecule has 1 atom stereocenters. The minimum atomic E-state index is -4.66. The Bertz CT molecular complexity index is 769. The normalized spacial score (nSPS) is 19.9. The van der Waals surface area contributed by atoms with Gasteiger partial charge in [-0.05, 0) is 11.6 Å². The number of nitrogens with zero attached hydrogens (tertiary/aromatic N) is 1. The summed E-state index contributed by atoms with van der Waals surface area (Å²) in [5.41, 5.74) is 1.84. The van der Waals surface area contributed by atoms with Crippen molar-refractivity contribution in [2.45, 2.75) is 18.2 Å². The average Bonchev–Trinajstić information content (AvgIpc) is 2.95. The Kier molecular flexibility index (Phi) is 3.01. The lowest BCUT2D eigenvalue weighted by Crippen LogP contribution is -2.26. The highest BCUT2D eigenvalue weighted by Crippen LogP contribution is 2.24. The van der Waals surface area contributed by atoms with Crippen molar-refractivity contribution in [3.63, 3.8) is 0 Å². The smallest absolute Gasteiger partial charge is 0.307 e. The van der Waals surface area contributed by atoms with Crippen molar-refractivity contribution in [2.24, 2.45) is 0 Å². The van der Waals surface area contributed by atoms with Gasteiger partial charge in [0, 0.05) is 36.6 Å². The summed E-state index contributed by atoms with van der Waals surface area (Å²) in [6, 6.07) is 7.63. The fraction of sp³-hybridized carbons (Fsp3) is 0.308. The number of amides is 1. The molecule has 3 rings (SSSR count). The van der Waals surface area contributed by atoms with Gasteiger partial charge in [-0.15, -0.1) is 3.89 Å². The first-order valence-electron chi connectivity index (χ1n) is 6.21. The molecule has 106 valence electrons. The van der Waals surface area contributed by atoms with Crippen LogP contribution >= 0.6 is 0 Å². The summed E-state index contributed by atoms with van der Waals surface area (Å²) in [4.78, 5) is 16.3. The molecule has 1 unspecified atom stereocenters. The molecule has 1 fully saturated rings. The van der Waals surface area contributed by atoms with E-state index >= 15 is 0 Å². The van der Waals surface area contributed by atoms with Crippen molar-refractivity contribution in [1.29, 1.82) is 0 Å². The number of aromatic nitrogens is 1. The Labute approximate surface area is 115 Å². The largest absolute Gasteiger partial charge is 0.361 e. The second-order valence-corrected chi connectivity index (χ2v) is 6.55. The average molecular weight is 296 g/mol. The SMILES string of the molecule is O=C1CC(S(=O)(=O)F)CN1Cc1c[nH]c2ccccc12. The number of rotatable bonds is 3. The minimum Gasteiger partial charge on any atom is -0.361 e. The van der Waals surface area contributed by atoms with Crippen molar-refractivity contribution in [1.82, 2.24) is 9.88 Å². The highest BCUT2D eigenvalue weighted by Gasteiger charge is 2.38. The molecular formula is C13H13FN2O3S. The van der Waals surface area contributed by atoms with E-state index in [-0.39, 0.29) is 25.4 Å². The summed E-state index contributed by atoms with van der Waals surface area (Å²) in [6.07, 6.45) is 1.51. The molecule has 1 aliphatic heterocycles. The lowest BCUT2D eigenvalue weighted by molar-refractivity contribution is -0.128. The summed E-state index contributed by atoms with van der Waals surface area (Å²) in [6.45, 7) is 0.200. The van der Waals surface area contributed by atoms with Gasteiger partial charge in [0.25, 0.3) is 0 Å². The second kappa shape index (κ2) is 4.59. The highest BCUT2D eigenvalue weighted by molar-refractivity contribution is 7.87. The van der Waals surface area contributed by atoms with Gasteiger partial charge in [0.1, 0.15) is 5.25 Å². The van der Waals surface area contributed by atoms with E-state index in [4.69, 9.17) is 0 Å². The van der Waals surface area contributed by atoms with E-state index in [1.54, 1.807) is 6.20 Å². The van der Waals surface area contributed by atoms with E-state index < -0.39 is 15.5 Å². The van der Waals surface area contributed by atoms with Gasteiger partial charge in [0.15, 0.2) is 0 Å². The molecule has 0 bridgehead atoms. The van der Waals surface area contributed by atoms with Gasteiger partial charge in [-0.25, -0.2) is 0 Å². The monoisotopic (exact) mass is 296 g/mol. The number of hydrogen-bond donors (Lipinski definition) is 1. The quantitative estimate of drug-likeness (QED) is 0.874. The third-order valence-electron chi connectivity index (χ3n) is 3.61. The first kappa shape index (κ1) is 13.1. The minimum absolute atomic E-state index is 0.0861. The molecule has 20 heavy (non-hydrogen) atoms. The predicted octanol–water partition coefficient (Wildman–Crippen LogP) is 1.57. The molecule has 1 aromatic carbocycles. The molecule has 0 aliphatic carbocycles. The molecule has 0 radical (unpaired) electrons. The van der Waals surface area contributed by atoms with Crippen LogP contribution in [-0.4, -0.2) is 36.0 Å². The van der Waals surface area contributed by atoms with Gasteiger partial charge in [0.2, 0.25) is 5.91 Å². The molecular weight excluding hydrogens is 283 g/mol. The van der Waals surface area contributed by atoms with Gasteiger partial charge < -0.3 is 9.88 Å². The zero-order valence-electron chi connectivity index (χ0n) is 10.5. The summed E-state index contributed by atoms with van der Waals surface area (Å²) in [5.74, 6) is -0.332. The number of nitrogens with one attached hydrogen (secondary N) is 1. The summed E-state index contributed by atoms with van der Waals surface area (Å²) in [7, 11) is -4.66. The summed E-state index contributed by atoms with van der Waals surface area (Å²) < 4.78 is 34.7. The Morgan fingerprint density at radius 1 is 1.35 bits per heavy atom. The van der Waals surface area contributed by atoms with Crippen molar-refractivity contribution in [3.8, 4) is 0 Å². The standard InChI is InChI=1S/C13H13FN2O3S/c14-20(18,19)10-5-13(17)16(8-10)7-9-6-15-12-4-2-1-3-11(9)12/h1-4,6,10,15H,5,7-8H2. The molecule has 7 heteroatoms. The number of hydrogen-bond acceptors (Lipinski definition) is 3. The van der Waals surface area contributed by atoms with Crippen LogP contribution in [0.4, 0.5) is 3.89 Å². The fourth-order valence-corrected chi connectivity index (χ4v) is 3.25. The maximum absolute atomic E-state index is 13.0. The maximum atomic E-state index is 13.0. The molecule has 2 aromatic rings.